The summed E-state index contributed by atoms with van der Waals surface area (Å²) in [7, 11) is 1.94. The normalized spacial score (nSPS) is 14.4. The molecule has 3 nitrogen and oxygen atoms in total. The summed E-state index contributed by atoms with van der Waals surface area (Å²) >= 11 is 1.64. The van der Waals surface area contributed by atoms with Crippen LogP contribution < -0.4 is 5.32 Å². The number of nitrogens with zero attached hydrogens (tertiary/aromatic N) is 1. The highest BCUT2D eigenvalue weighted by Gasteiger charge is 2.30. The minimum absolute atomic E-state index is 0.272. The molecule has 1 N–H and O–H groups in total. The van der Waals surface area contributed by atoms with E-state index in [0.717, 1.165) is 13.1 Å². The summed E-state index contributed by atoms with van der Waals surface area (Å²) in [5.74, 6) is 0.821. The van der Waals surface area contributed by atoms with Gasteiger partial charge in [0.2, 0.25) is 5.91 Å². The van der Waals surface area contributed by atoms with Gasteiger partial charge < -0.3 is 10.2 Å². The van der Waals surface area contributed by atoms with Crippen LogP contribution in [-0.2, 0) is 11.3 Å². The van der Waals surface area contributed by atoms with Crippen LogP contribution in [0.3, 0.4) is 0 Å². The highest BCUT2D eigenvalue weighted by molar-refractivity contribution is 8.00. The van der Waals surface area contributed by atoms with Crippen molar-refractivity contribution >= 4 is 17.7 Å². The molecule has 1 aromatic rings. The van der Waals surface area contributed by atoms with Crippen LogP contribution in [0.5, 0.6) is 0 Å². The molecule has 0 atom stereocenters. The molecule has 0 bridgehead atoms. The standard InChI is InChI=1S/C15H22N2OS/c1-3-17(13-7-8-13)15(18)11-19-14-6-4-5-12(9-14)10-16-2/h4-6,9,13,16H,3,7-8,10-11H2,1-2H3. The van der Waals surface area contributed by atoms with E-state index in [1.807, 2.05) is 11.9 Å². The fourth-order valence-corrected chi connectivity index (χ4v) is 3.07. The van der Waals surface area contributed by atoms with Gasteiger partial charge in [0.1, 0.15) is 0 Å². The van der Waals surface area contributed by atoms with Crippen molar-refractivity contribution < 1.29 is 4.79 Å². The molecular formula is C15H22N2OS. The summed E-state index contributed by atoms with van der Waals surface area (Å²) in [5.41, 5.74) is 1.26. The molecule has 2 rings (SSSR count). The molecule has 0 heterocycles. The molecule has 104 valence electrons. The highest BCUT2D eigenvalue weighted by Crippen LogP contribution is 2.28. The maximum atomic E-state index is 12.1. The van der Waals surface area contributed by atoms with E-state index in [1.54, 1.807) is 11.8 Å². The Morgan fingerprint density at radius 1 is 1.47 bits per heavy atom. The van der Waals surface area contributed by atoms with E-state index in [-0.39, 0.29) is 5.91 Å². The average Bonchev–Trinajstić information content (AvgIpc) is 3.23. The first-order valence-corrected chi connectivity index (χ1v) is 7.89. The Morgan fingerprint density at radius 3 is 2.89 bits per heavy atom. The predicted molar refractivity (Wildman–Crippen MR) is 80.3 cm³/mol. The first kappa shape index (κ1) is 14.4. The second-order valence-electron chi connectivity index (χ2n) is 4.88. The number of benzene rings is 1. The minimum Gasteiger partial charge on any atom is -0.339 e. The first-order chi connectivity index (χ1) is 9.24. The van der Waals surface area contributed by atoms with E-state index >= 15 is 0 Å². The quantitative estimate of drug-likeness (QED) is 0.778. The highest BCUT2D eigenvalue weighted by atomic mass is 32.2. The summed E-state index contributed by atoms with van der Waals surface area (Å²) in [6.45, 7) is 3.77. The fraction of sp³-hybridized carbons (Fsp3) is 0.533. The van der Waals surface area contributed by atoms with E-state index in [9.17, 15) is 4.79 Å². The number of amides is 1. The molecule has 4 heteroatoms. The molecular weight excluding hydrogens is 256 g/mol. The van der Waals surface area contributed by atoms with Crippen LogP contribution in [-0.4, -0.2) is 36.2 Å². The molecule has 0 aromatic heterocycles. The minimum atomic E-state index is 0.272. The molecule has 1 amide bonds. The predicted octanol–water partition coefficient (Wildman–Crippen LogP) is 2.51. The van der Waals surface area contributed by atoms with Gasteiger partial charge in [0.25, 0.3) is 0 Å². The molecule has 1 saturated carbocycles. The molecule has 1 aliphatic rings. The van der Waals surface area contributed by atoms with Crippen molar-refractivity contribution in [3.8, 4) is 0 Å². The Balaban J connectivity index is 1.87. The van der Waals surface area contributed by atoms with Crippen molar-refractivity contribution in [3.63, 3.8) is 0 Å². The average molecular weight is 278 g/mol. The van der Waals surface area contributed by atoms with Crippen LogP contribution in [0.25, 0.3) is 0 Å². The number of hydrogen-bond acceptors (Lipinski definition) is 3. The van der Waals surface area contributed by atoms with Crippen LogP contribution in [0.4, 0.5) is 0 Å². The van der Waals surface area contributed by atoms with Crippen molar-refractivity contribution in [2.45, 2.75) is 37.2 Å². The van der Waals surface area contributed by atoms with Gasteiger partial charge in [0.15, 0.2) is 0 Å². The van der Waals surface area contributed by atoms with Crippen molar-refractivity contribution in [2.24, 2.45) is 0 Å². The number of thioether (sulfide) groups is 1. The van der Waals surface area contributed by atoms with E-state index in [4.69, 9.17) is 0 Å². The third-order valence-electron chi connectivity index (χ3n) is 3.29. The molecule has 0 aliphatic heterocycles. The zero-order valence-electron chi connectivity index (χ0n) is 11.7. The van der Waals surface area contributed by atoms with E-state index in [0.29, 0.717) is 11.8 Å². The zero-order valence-corrected chi connectivity index (χ0v) is 12.5. The van der Waals surface area contributed by atoms with E-state index in [1.165, 1.54) is 23.3 Å². The molecule has 0 radical (unpaired) electrons. The van der Waals surface area contributed by atoms with Gasteiger partial charge in [-0.15, -0.1) is 11.8 Å². The Labute approximate surface area is 119 Å². The summed E-state index contributed by atoms with van der Waals surface area (Å²) in [6, 6.07) is 8.91. The topological polar surface area (TPSA) is 32.3 Å². The monoisotopic (exact) mass is 278 g/mol. The molecule has 1 fully saturated rings. The number of rotatable bonds is 7. The third kappa shape index (κ3) is 4.25. The smallest absolute Gasteiger partial charge is 0.233 e. The van der Waals surface area contributed by atoms with Gasteiger partial charge in [-0.1, -0.05) is 12.1 Å². The van der Waals surface area contributed by atoms with Gasteiger partial charge in [0.05, 0.1) is 5.75 Å². The number of carbonyl (C=O) groups excluding carboxylic acids is 1. The van der Waals surface area contributed by atoms with Crippen molar-refractivity contribution in [2.75, 3.05) is 19.3 Å². The summed E-state index contributed by atoms with van der Waals surface area (Å²) in [4.78, 5) is 15.3. The lowest BCUT2D eigenvalue weighted by molar-refractivity contribution is -0.128. The molecule has 19 heavy (non-hydrogen) atoms. The van der Waals surface area contributed by atoms with Gasteiger partial charge >= 0.3 is 0 Å². The molecule has 1 aliphatic carbocycles. The SMILES string of the molecule is CCN(C(=O)CSc1cccc(CNC)c1)C1CC1. The van der Waals surface area contributed by atoms with Crippen molar-refractivity contribution in [3.05, 3.63) is 29.8 Å². The van der Waals surface area contributed by atoms with Gasteiger partial charge in [-0.25, -0.2) is 0 Å². The van der Waals surface area contributed by atoms with Crippen LogP contribution in [0.2, 0.25) is 0 Å². The van der Waals surface area contributed by atoms with E-state index in [2.05, 4.69) is 36.5 Å². The Bertz CT molecular complexity index is 432. The van der Waals surface area contributed by atoms with Crippen LogP contribution in [0, 0.1) is 0 Å². The Kier molecular flexibility index (Phi) is 5.28. The molecule has 0 saturated heterocycles. The van der Waals surface area contributed by atoms with Crippen LogP contribution >= 0.6 is 11.8 Å². The lowest BCUT2D eigenvalue weighted by Crippen LogP contribution is -2.34. The van der Waals surface area contributed by atoms with Gasteiger partial charge in [0, 0.05) is 24.0 Å². The van der Waals surface area contributed by atoms with E-state index < -0.39 is 0 Å². The fourth-order valence-electron chi connectivity index (χ4n) is 2.20. The molecule has 0 spiro atoms. The second-order valence-corrected chi connectivity index (χ2v) is 5.93. The number of hydrogen-bond donors (Lipinski definition) is 1. The third-order valence-corrected chi connectivity index (χ3v) is 4.27. The summed E-state index contributed by atoms with van der Waals surface area (Å²) in [5, 5.41) is 3.14. The zero-order chi connectivity index (χ0) is 13.7. The number of nitrogens with one attached hydrogen (secondary N) is 1. The second kappa shape index (κ2) is 6.96. The van der Waals surface area contributed by atoms with Gasteiger partial charge in [-0.2, -0.15) is 0 Å². The number of carbonyl (C=O) groups is 1. The summed E-state index contributed by atoms with van der Waals surface area (Å²) in [6.07, 6.45) is 2.36. The Hall–Kier alpha value is -1.00. The lowest BCUT2D eigenvalue weighted by Gasteiger charge is -2.20. The van der Waals surface area contributed by atoms with Crippen LogP contribution in [0.15, 0.2) is 29.2 Å². The molecule has 0 unspecified atom stereocenters. The van der Waals surface area contributed by atoms with Crippen molar-refractivity contribution in [1.29, 1.82) is 0 Å². The summed E-state index contributed by atoms with van der Waals surface area (Å²) < 4.78 is 0. The van der Waals surface area contributed by atoms with Gasteiger partial charge in [-0.05, 0) is 44.5 Å². The molecule has 1 aromatic carbocycles. The first-order valence-electron chi connectivity index (χ1n) is 6.90. The van der Waals surface area contributed by atoms with Gasteiger partial charge in [-0.3, -0.25) is 4.79 Å². The lowest BCUT2D eigenvalue weighted by atomic mass is 10.2. The maximum absolute atomic E-state index is 12.1. The van der Waals surface area contributed by atoms with Crippen LogP contribution in [0.1, 0.15) is 25.3 Å². The maximum Gasteiger partial charge on any atom is 0.233 e. The van der Waals surface area contributed by atoms with Crippen molar-refractivity contribution in [1.82, 2.24) is 10.2 Å². The Morgan fingerprint density at radius 2 is 2.26 bits per heavy atom. The largest absolute Gasteiger partial charge is 0.339 e.